The Kier molecular flexibility index (Phi) is 2.73. The summed E-state index contributed by atoms with van der Waals surface area (Å²) in [6.07, 6.45) is 1.00. The molecular weight excluding hydrogens is 300 g/mol. The van der Waals surface area contributed by atoms with E-state index in [1.54, 1.807) is 6.92 Å². The molecule has 2 saturated carbocycles. The monoisotopic (exact) mass is 322 g/mol. The molecule has 2 saturated heterocycles. The number of hydrogen-bond acceptors (Lipinski definition) is 6. The summed E-state index contributed by atoms with van der Waals surface area (Å²) in [5.74, 6) is -2.33. The molecule has 126 valence electrons. The number of ether oxygens (including phenoxy) is 3. The van der Waals surface area contributed by atoms with Gasteiger partial charge in [-0.05, 0) is 19.3 Å². The second-order valence-corrected chi connectivity index (χ2v) is 7.81. The summed E-state index contributed by atoms with van der Waals surface area (Å²) in [5.41, 5.74) is -1.48. The van der Waals surface area contributed by atoms with Crippen molar-refractivity contribution in [2.75, 3.05) is 0 Å². The van der Waals surface area contributed by atoms with Crippen molar-refractivity contribution in [2.24, 2.45) is 23.2 Å². The highest BCUT2D eigenvalue weighted by Crippen LogP contribution is 2.73. The van der Waals surface area contributed by atoms with Crippen LogP contribution in [0, 0.1) is 23.2 Å². The fourth-order valence-electron chi connectivity index (χ4n) is 5.34. The zero-order valence-corrected chi connectivity index (χ0v) is 13.9. The van der Waals surface area contributed by atoms with Crippen LogP contribution >= 0.6 is 0 Å². The summed E-state index contributed by atoms with van der Waals surface area (Å²) < 4.78 is 17.2. The van der Waals surface area contributed by atoms with Crippen LogP contribution in [0.4, 0.5) is 0 Å². The zero-order chi connectivity index (χ0) is 16.8. The van der Waals surface area contributed by atoms with Gasteiger partial charge in [-0.25, -0.2) is 0 Å². The van der Waals surface area contributed by atoms with Gasteiger partial charge >= 0.3 is 11.9 Å². The van der Waals surface area contributed by atoms with Crippen molar-refractivity contribution in [3.63, 3.8) is 0 Å². The largest absolute Gasteiger partial charge is 0.459 e. The van der Waals surface area contributed by atoms with Gasteiger partial charge in [-0.3, -0.25) is 14.4 Å². The van der Waals surface area contributed by atoms with E-state index in [0.717, 1.165) is 6.42 Å². The summed E-state index contributed by atoms with van der Waals surface area (Å²) >= 11 is 0. The molecule has 0 spiro atoms. The minimum Gasteiger partial charge on any atom is -0.459 e. The Balaban J connectivity index is 1.87. The van der Waals surface area contributed by atoms with E-state index in [0.29, 0.717) is 12.8 Å². The van der Waals surface area contributed by atoms with Gasteiger partial charge < -0.3 is 14.2 Å². The second-order valence-electron chi connectivity index (χ2n) is 7.81. The summed E-state index contributed by atoms with van der Waals surface area (Å²) in [7, 11) is 0. The van der Waals surface area contributed by atoms with Gasteiger partial charge in [0.25, 0.3) is 0 Å². The topological polar surface area (TPSA) is 82.2 Å². The molecule has 0 bridgehead atoms. The minimum absolute atomic E-state index is 0.150. The first-order valence-electron chi connectivity index (χ1n) is 8.32. The number of fused-ring (bicyclic) bond motifs is 1. The predicted octanol–water partition coefficient (Wildman–Crippen LogP) is 1.60. The van der Waals surface area contributed by atoms with E-state index in [1.807, 2.05) is 6.92 Å². The fraction of sp³-hybridized carbons (Fsp3) is 0.824. The maximum Gasteiger partial charge on any atom is 0.314 e. The van der Waals surface area contributed by atoms with Gasteiger partial charge in [0.05, 0.1) is 5.92 Å². The number of Topliss-reactive ketones (excluding diaryl/α,β-unsaturated/α-hetero) is 1. The highest BCUT2D eigenvalue weighted by Gasteiger charge is 2.91. The quantitative estimate of drug-likeness (QED) is 0.539. The molecule has 2 heterocycles. The highest BCUT2D eigenvalue weighted by molar-refractivity contribution is 5.86. The molecule has 4 fully saturated rings. The van der Waals surface area contributed by atoms with E-state index in [1.165, 1.54) is 6.92 Å². The van der Waals surface area contributed by atoms with Crippen molar-refractivity contribution in [1.82, 2.24) is 0 Å². The Bertz CT molecular complexity index is 629. The normalized spacial score (nSPS) is 53.7. The van der Waals surface area contributed by atoms with Crippen LogP contribution in [-0.4, -0.2) is 35.2 Å². The van der Waals surface area contributed by atoms with Crippen LogP contribution in [0.1, 0.15) is 47.0 Å². The van der Waals surface area contributed by atoms with Crippen LogP contribution in [0.5, 0.6) is 0 Å². The number of carbonyl (C=O) groups is 3. The number of epoxide rings is 1. The van der Waals surface area contributed by atoms with E-state index in [9.17, 15) is 14.4 Å². The first-order chi connectivity index (χ1) is 10.7. The van der Waals surface area contributed by atoms with Crippen molar-refractivity contribution in [2.45, 2.75) is 64.4 Å². The lowest BCUT2D eigenvalue weighted by Gasteiger charge is -2.53. The third-order valence-corrected chi connectivity index (χ3v) is 6.89. The third-order valence-electron chi connectivity index (χ3n) is 6.89. The first kappa shape index (κ1) is 15.1. The molecule has 0 radical (unpaired) electrons. The second kappa shape index (κ2) is 4.15. The molecular formula is C17H22O6. The van der Waals surface area contributed by atoms with Gasteiger partial charge in [0.1, 0.15) is 11.9 Å². The molecule has 0 aromatic rings. The van der Waals surface area contributed by atoms with Crippen LogP contribution in [0.2, 0.25) is 0 Å². The molecule has 6 nitrogen and oxygen atoms in total. The van der Waals surface area contributed by atoms with Crippen molar-refractivity contribution < 1.29 is 28.6 Å². The Morgan fingerprint density at radius 1 is 1.30 bits per heavy atom. The van der Waals surface area contributed by atoms with Crippen LogP contribution in [-0.2, 0) is 28.6 Å². The number of hydrogen-bond donors (Lipinski definition) is 0. The Morgan fingerprint density at radius 2 is 2.00 bits per heavy atom. The van der Waals surface area contributed by atoms with E-state index in [2.05, 4.69) is 6.92 Å². The van der Waals surface area contributed by atoms with E-state index >= 15 is 0 Å². The van der Waals surface area contributed by atoms with Crippen LogP contribution in [0.3, 0.4) is 0 Å². The molecule has 23 heavy (non-hydrogen) atoms. The lowest BCUT2D eigenvalue weighted by molar-refractivity contribution is -0.185. The molecule has 2 aliphatic carbocycles. The SMILES string of the molecule is CC(=O)O[C@H]1[C@]2(C)[C@@H](C)CCC(=O)[C@@H]2C[C@]23OC(=O)[C@@H](C)[C@]12O3. The molecule has 0 unspecified atom stereocenters. The molecule has 4 aliphatic rings. The summed E-state index contributed by atoms with van der Waals surface area (Å²) in [6, 6.07) is 0. The Hall–Kier alpha value is -1.43. The number of ketones is 1. The average Bonchev–Trinajstić information content (AvgIpc) is 3.08. The lowest BCUT2D eigenvalue weighted by Crippen LogP contribution is -2.63. The summed E-state index contributed by atoms with van der Waals surface area (Å²) in [5, 5.41) is 0. The fourth-order valence-corrected chi connectivity index (χ4v) is 5.34. The molecule has 2 aliphatic heterocycles. The van der Waals surface area contributed by atoms with E-state index < -0.39 is 34.8 Å². The van der Waals surface area contributed by atoms with Gasteiger partial charge in [0, 0.05) is 31.1 Å². The smallest absolute Gasteiger partial charge is 0.314 e. The number of rotatable bonds is 1. The maximum atomic E-state index is 12.6. The van der Waals surface area contributed by atoms with Crippen LogP contribution < -0.4 is 0 Å². The number of esters is 2. The van der Waals surface area contributed by atoms with Crippen molar-refractivity contribution >= 4 is 17.7 Å². The van der Waals surface area contributed by atoms with Crippen LogP contribution in [0.15, 0.2) is 0 Å². The summed E-state index contributed by atoms with van der Waals surface area (Å²) in [6.45, 7) is 7.20. The van der Waals surface area contributed by atoms with Crippen molar-refractivity contribution in [1.29, 1.82) is 0 Å². The molecule has 6 heteroatoms. The van der Waals surface area contributed by atoms with Gasteiger partial charge in [-0.15, -0.1) is 0 Å². The Labute approximate surface area is 134 Å². The van der Waals surface area contributed by atoms with Gasteiger partial charge in [0.2, 0.25) is 5.79 Å². The van der Waals surface area contributed by atoms with Crippen molar-refractivity contribution in [3.05, 3.63) is 0 Å². The van der Waals surface area contributed by atoms with Gasteiger partial charge in [0.15, 0.2) is 5.60 Å². The first-order valence-corrected chi connectivity index (χ1v) is 8.32. The zero-order valence-electron chi connectivity index (χ0n) is 13.9. The molecule has 0 aromatic heterocycles. The highest BCUT2D eigenvalue weighted by atomic mass is 16.8. The standard InChI is InChI=1S/C17H22O6/c1-8-5-6-12(19)11-7-16-17(23-16,9(2)13(20)22-16)14(15(8,11)4)21-10(3)18/h8-9,11,14H,5-7H2,1-4H3/t8-,9+,11-,14-,15+,16+,17-/m0/s1. The Morgan fingerprint density at radius 3 is 2.65 bits per heavy atom. The number of carbonyl (C=O) groups excluding carboxylic acids is 3. The van der Waals surface area contributed by atoms with Gasteiger partial charge in [-0.1, -0.05) is 13.8 Å². The van der Waals surface area contributed by atoms with Crippen molar-refractivity contribution in [3.8, 4) is 0 Å². The van der Waals surface area contributed by atoms with Crippen LogP contribution in [0.25, 0.3) is 0 Å². The maximum absolute atomic E-state index is 12.6. The molecule has 0 aromatic carbocycles. The van der Waals surface area contributed by atoms with E-state index in [4.69, 9.17) is 14.2 Å². The predicted molar refractivity (Wildman–Crippen MR) is 77.0 cm³/mol. The molecule has 7 atom stereocenters. The third kappa shape index (κ3) is 1.51. The van der Waals surface area contributed by atoms with Gasteiger partial charge in [-0.2, -0.15) is 0 Å². The lowest BCUT2D eigenvalue weighted by atomic mass is 9.50. The molecule has 4 rings (SSSR count). The molecule has 0 amide bonds. The van der Waals surface area contributed by atoms with E-state index in [-0.39, 0.29) is 23.6 Å². The average molecular weight is 322 g/mol. The minimum atomic E-state index is -1.08. The summed E-state index contributed by atoms with van der Waals surface area (Å²) in [4.78, 5) is 36.5. The molecule has 0 N–H and O–H groups in total.